The minimum absolute atomic E-state index is 0.380. The third kappa shape index (κ3) is 3.02. The molecule has 6 heteroatoms. The van der Waals surface area contributed by atoms with E-state index in [1.165, 1.54) is 0 Å². The average molecular weight is 333 g/mol. The van der Waals surface area contributed by atoms with E-state index in [1.807, 2.05) is 35.2 Å². The summed E-state index contributed by atoms with van der Waals surface area (Å²) in [5, 5.41) is 2.03. The van der Waals surface area contributed by atoms with E-state index in [0.29, 0.717) is 5.95 Å². The van der Waals surface area contributed by atoms with Gasteiger partial charge in [-0.1, -0.05) is 28.1 Å². The summed E-state index contributed by atoms with van der Waals surface area (Å²) in [7, 11) is -0.380. The lowest BCUT2D eigenvalue weighted by molar-refractivity contribution is 1.15. The lowest BCUT2D eigenvalue weighted by atomic mass is 10.2. The highest BCUT2D eigenvalue weighted by molar-refractivity contribution is 9.10. The molecule has 3 rings (SSSR count). The van der Waals surface area contributed by atoms with Gasteiger partial charge < -0.3 is 0 Å². The Morgan fingerprint density at radius 2 is 1.79 bits per heavy atom. The monoisotopic (exact) mass is 332 g/mol. The van der Waals surface area contributed by atoms with Gasteiger partial charge in [0.2, 0.25) is 0 Å². The van der Waals surface area contributed by atoms with Crippen LogP contribution in [-0.2, 0) is 10.7 Å². The van der Waals surface area contributed by atoms with Crippen molar-refractivity contribution in [3.63, 3.8) is 0 Å². The predicted molar refractivity (Wildman–Crippen MR) is 82.1 cm³/mol. The van der Waals surface area contributed by atoms with Crippen LogP contribution in [0.4, 0.5) is 5.95 Å². The van der Waals surface area contributed by atoms with Gasteiger partial charge in [0.1, 0.15) is 0 Å². The Bertz CT molecular complexity index is 678. The molecule has 0 radical (unpaired) electrons. The van der Waals surface area contributed by atoms with Crippen LogP contribution < -0.4 is 0 Å². The zero-order valence-electron chi connectivity index (χ0n) is 9.77. The second-order valence-corrected chi connectivity index (χ2v) is 5.97. The van der Waals surface area contributed by atoms with Crippen molar-refractivity contribution in [3.05, 3.63) is 58.2 Å². The fourth-order valence-corrected chi connectivity index (χ4v) is 2.89. The summed E-state index contributed by atoms with van der Waals surface area (Å²) >= 11 is 3.42. The third-order valence-corrected chi connectivity index (χ3v) is 4.10. The number of hydrogen-bond acceptors (Lipinski definition) is 4. The topological polar surface area (TPSA) is 50.5 Å². The van der Waals surface area contributed by atoms with Gasteiger partial charge in [-0.05, 0) is 28.9 Å². The van der Waals surface area contributed by atoms with Crippen molar-refractivity contribution in [2.45, 2.75) is 0 Å². The Morgan fingerprint density at radius 1 is 1.05 bits per heavy atom. The van der Waals surface area contributed by atoms with Gasteiger partial charge in [0.05, 0.1) is 11.2 Å². The summed E-state index contributed by atoms with van der Waals surface area (Å²) in [6.45, 7) is 0. The van der Waals surface area contributed by atoms with Gasteiger partial charge in [-0.25, -0.2) is 15.0 Å². The maximum Gasteiger partial charge on any atom is 0.256 e. The van der Waals surface area contributed by atoms with E-state index in [0.717, 1.165) is 15.7 Å². The largest absolute Gasteiger partial charge is 0.256 e. The summed E-state index contributed by atoms with van der Waals surface area (Å²) in [5.41, 5.74) is 3.85. The van der Waals surface area contributed by atoms with Crippen molar-refractivity contribution in [3.8, 4) is 0 Å². The SMILES string of the molecule is Brc1ccc(C2=CS(=Nc3ncccn3)C=N2)cc1. The van der Waals surface area contributed by atoms with E-state index < -0.39 is 0 Å². The molecule has 1 aromatic heterocycles. The highest BCUT2D eigenvalue weighted by Gasteiger charge is 2.07. The van der Waals surface area contributed by atoms with E-state index in [2.05, 4.69) is 35.3 Å². The number of halogens is 1. The minimum Gasteiger partial charge on any atom is -0.247 e. The molecule has 1 unspecified atom stereocenters. The molecule has 0 amide bonds. The number of benzene rings is 1. The molecule has 0 spiro atoms. The van der Waals surface area contributed by atoms with Crippen LogP contribution in [0.2, 0.25) is 0 Å². The van der Waals surface area contributed by atoms with Gasteiger partial charge in [0.25, 0.3) is 5.95 Å². The van der Waals surface area contributed by atoms with Crippen molar-refractivity contribution < 1.29 is 0 Å². The van der Waals surface area contributed by atoms with Crippen LogP contribution >= 0.6 is 15.9 Å². The Hall–Kier alpha value is -1.66. The summed E-state index contributed by atoms with van der Waals surface area (Å²) in [6, 6.07) is 9.82. The standard InChI is InChI=1S/C13H9BrN4S/c14-11-4-2-10(3-5-11)12-8-19(9-17-12)18-13-15-6-1-7-16-13/h1-9H. The van der Waals surface area contributed by atoms with Crippen molar-refractivity contribution in [2.75, 3.05) is 0 Å². The third-order valence-electron chi connectivity index (χ3n) is 2.41. The van der Waals surface area contributed by atoms with Crippen molar-refractivity contribution in [1.82, 2.24) is 9.97 Å². The molecule has 4 nitrogen and oxygen atoms in total. The van der Waals surface area contributed by atoms with Crippen LogP contribution in [0.15, 0.2) is 62.0 Å². The maximum absolute atomic E-state index is 4.42. The normalized spacial score (nSPS) is 17.7. The number of nitrogens with zero attached hydrogens (tertiary/aromatic N) is 4. The van der Waals surface area contributed by atoms with Crippen LogP contribution in [-0.4, -0.2) is 15.5 Å². The molecule has 1 aromatic carbocycles. The van der Waals surface area contributed by atoms with Gasteiger partial charge >= 0.3 is 0 Å². The number of aromatic nitrogens is 2. The van der Waals surface area contributed by atoms with E-state index in [-0.39, 0.29) is 10.7 Å². The van der Waals surface area contributed by atoms with Crippen LogP contribution in [0, 0.1) is 0 Å². The lowest BCUT2D eigenvalue weighted by Gasteiger charge is -1.97. The molecular weight excluding hydrogens is 324 g/mol. The van der Waals surface area contributed by atoms with Gasteiger partial charge in [-0.3, -0.25) is 0 Å². The Kier molecular flexibility index (Phi) is 3.61. The van der Waals surface area contributed by atoms with Crippen LogP contribution in [0.5, 0.6) is 0 Å². The lowest BCUT2D eigenvalue weighted by Crippen LogP contribution is -1.83. The molecule has 19 heavy (non-hydrogen) atoms. The zero-order chi connectivity index (χ0) is 13.1. The zero-order valence-corrected chi connectivity index (χ0v) is 12.2. The molecular formula is C13H9BrN4S. The number of hydrogen-bond donors (Lipinski definition) is 0. The molecule has 0 saturated heterocycles. The van der Waals surface area contributed by atoms with Gasteiger partial charge in [-0.2, -0.15) is 4.36 Å². The second kappa shape index (κ2) is 5.54. The highest BCUT2D eigenvalue weighted by Crippen LogP contribution is 2.23. The molecule has 2 aromatic rings. The Balaban J connectivity index is 1.88. The quantitative estimate of drug-likeness (QED) is 0.841. The molecule has 0 N–H and O–H groups in total. The summed E-state index contributed by atoms with van der Waals surface area (Å²) < 4.78 is 5.48. The van der Waals surface area contributed by atoms with E-state index >= 15 is 0 Å². The highest BCUT2D eigenvalue weighted by atomic mass is 79.9. The first kappa shape index (κ1) is 12.4. The minimum atomic E-state index is -0.380. The second-order valence-electron chi connectivity index (χ2n) is 3.73. The van der Waals surface area contributed by atoms with Crippen LogP contribution in [0.25, 0.3) is 5.70 Å². The molecule has 1 aliphatic rings. The van der Waals surface area contributed by atoms with Gasteiger partial charge in [0, 0.05) is 27.8 Å². The maximum atomic E-state index is 4.42. The Labute approximate surface area is 121 Å². The first-order valence-corrected chi connectivity index (χ1v) is 7.64. The molecule has 94 valence electrons. The van der Waals surface area contributed by atoms with E-state index in [1.54, 1.807) is 18.5 Å². The van der Waals surface area contributed by atoms with Crippen LogP contribution in [0.1, 0.15) is 5.56 Å². The van der Waals surface area contributed by atoms with Crippen LogP contribution in [0.3, 0.4) is 0 Å². The Morgan fingerprint density at radius 3 is 2.53 bits per heavy atom. The molecule has 2 heterocycles. The van der Waals surface area contributed by atoms with Gasteiger partial charge in [0.15, 0.2) is 0 Å². The van der Waals surface area contributed by atoms with E-state index in [9.17, 15) is 0 Å². The molecule has 0 aliphatic carbocycles. The fraction of sp³-hybridized carbons (Fsp3) is 0. The van der Waals surface area contributed by atoms with Gasteiger partial charge in [-0.15, -0.1) is 0 Å². The van der Waals surface area contributed by atoms with Crippen molar-refractivity contribution in [2.24, 2.45) is 9.36 Å². The molecule has 1 atom stereocenters. The first-order chi connectivity index (χ1) is 9.31. The smallest absolute Gasteiger partial charge is 0.247 e. The summed E-state index contributed by atoms with van der Waals surface area (Å²) in [4.78, 5) is 12.6. The number of aliphatic imine (C=N–C) groups is 1. The predicted octanol–water partition coefficient (Wildman–Crippen LogP) is 3.71. The van der Waals surface area contributed by atoms with Crippen molar-refractivity contribution >= 4 is 43.8 Å². The molecule has 0 fully saturated rings. The first-order valence-electron chi connectivity index (χ1n) is 5.54. The average Bonchev–Trinajstić information content (AvgIpc) is 2.89. The molecule has 1 aliphatic heterocycles. The van der Waals surface area contributed by atoms with E-state index in [4.69, 9.17) is 0 Å². The summed E-state index contributed by atoms with van der Waals surface area (Å²) in [6.07, 6.45) is 3.36. The molecule has 0 saturated carbocycles. The van der Waals surface area contributed by atoms with Crippen molar-refractivity contribution in [1.29, 1.82) is 0 Å². The number of rotatable bonds is 2. The molecule has 0 bridgehead atoms. The fourth-order valence-electron chi connectivity index (χ4n) is 1.53. The summed E-state index contributed by atoms with van der Waals surface area (Å²) in [5.74, 6) is 0.491.